The third kappa shape index (κ3) is 2.81. The first-order valence-electron chi connectivity index (χ1n) is 6.93. The van der Waals surface area contributed by atoms with E-state index in [1.165, 1.54) is 0 Å². The van der Waals surface area contributed by atoms with Gasteiger partial charge in [-0.15, -0.1) is 12.3 Å². The highest BCUT2D eigenvalue weighted by molar-refractivity contribution is 8.04. The molecule has 19 heavy (non-hydrogen) atoms. The summed E-state index contributed by atoms with van der Waals surface area (Å²) in [5, 5.41) is 0. The zero-order chi connectivity index (χ0) is 13.9. The molecule has 3 rings (SSSR count). The van der Waals surface area contributed by atoms with E-state index in [1.54, 1.807) is 0 Å². The molecule has 0 aromatic rings. The summed E-state index contributed by atoms with van der Waals surface area (Å²) in [6.07, 6.45) is 10.2. The van der Waals surface area contributed by atoms with Crippen LogP contribution < -0.4 is 0 Å². The topological polar surface area (TPSA) is 43.4 Å². The molecule has 2 atom stereocenters. The van der Waals surface area contributed by atoms with E-state index in [2.05, 4.69) is 12.8 Å². The molecule has 108 valence electrons. The van der Waals surface area contributed by atoms with E-state index in [-0.39, 0.29) is 5.41 Å². The Kier molecular flexibility index (Phi) is 4.86. The van der Waals surface area contributed by atoms with Crippen LogP contribution in [0.25, 0.3) is 0 Å². The van der Waals surface area contributed by atoms with Crippen molar-refractivity contribution in [3.05, 3.63) is 0 Å². The fourth-order valence-electron chi connectivity index (χ4n) is 3.01. The quantitative estimate of drug-likeness (QED) is 0.558. The second kappa shape index (κ2) is 6.07. The first kappa shape index (κ1) is 15.2. The first-order chi connectivity index (χ1) is 9.08. The van der Waals surface area contributed by atoms with Crippen molar-refractivity contribution in [2.75, 3.05) is 18.1 Å². The molecule has 0 N–H and O–H groups in total. The van der Waals surface area contributed by atoms with Crippen molar-refractivity contribution in [2.24, 2.45) is 5.41 Å². The molecule has 0 aliphatic carbocycles. The summed E-state index contributed by atoms with van der Waals surface area (Å²) in [4.78, 5) is 0. The Morgan fingerprint density at radius 3 is 2.42 bits per heavy atom. The summed E-state index contributed by atoms with van der Waals surface area (Å²) >= 11 is 0. The van der Waals surface area contributed by atoms with E-state index in [4.69, 9.17) is 11.2 Å². The molecule has 2 unspecified atom stereocenters. The lowest BCUT2D eigenvalue weighted by molar-refractivity contribution is -0.00919. The van der Waals surface area contributed by atoms with Crippen molar-refractivity contribution in [1.82, 2.24) is 0 Å². The summed E-state index contributed by atoms with van der Waals surface area (Å²) in [7, 11) is -2.27. The minimum Gasteiger partial charge on any atom is -0.350 e. The van der Waals surface area contributed by atoms with Crippen LogP contribution in [0.4, 0.5) is 0 Å². The van der Waals surface area contributed by atoms with Crippen molar-refractivity contribution < 1.29 is 13.2 Å². The van der Waals surface area contributed by atoms with E-state index in [1.807, 2.05) is 0 Å². The first-order valence-corrected chi connectivity index (χ1v) is 9.57. The van der Waals surface area contributed by atoms with Gasteiger partial charge in [-0.1, -0.05) is 13.3 Å². The average molecular weight is 302 g/mol. The molecular formula is C14H22O3S2. The molecule has 0 aromatic heterocycles. The van der Waals surface area contributed by atoms with Gasteiger partial charge in [0.05, 0.1) is 28.2 Å². The molecule has 3 saturated heterocycles. The van der Waals surface area contributed by atoms with Crippen molar-refractivity contribution >= 4 is 21.6 Å². The van der Waals surface area contributed by atoms with Crippen molar-refractivity contribution in [3.8, 4) is 12.3 Å². The Balaban J connectivity index is 2.05. The fourth-order valence-corrected chi connectivity index (χ4v) is 7.66. The second-order valence-electron chi connectivity index (χ2n) is 5.61. The monoisotopic (exact) mass is 302 g/mol. The summed E-state index contributed by atoms with van der Waals surface area (Å²) < 4.78 is 29.9. The Morgan fingerprint density at radius 2 is 1.89 bits per heavy atom. The third-order valence-corrected chi connectivity index (χ3v) is 8.90. The Morgan fingerprint density at radius 1 is 1.21 bits per heavy atom. The molecule has 0 aromatic carbocycles. The van der Waals surface area contributed by atoms with Gasteiger partial charge in [-0.2, -0.15) is 0 Å². The van der Waals surface area contributed by atoms with Crippen LogP contribution in [0, 0.1) is 17.8 Å². The number of fused-ring (bicyclic) bond motifs is 3. The molecule has 0 saturated carbocycles. The Bertz CT molecular complexity index is 407. The molecule has 3 fully saturated rings. The van der Waals surface area contributed by atoms with Gasteiger partial charge in [-0.3, -0.25) is 8.42 Å². The largest absolute Gasteiger partial charge is 0.350 e. The van der Waals surface area contributed by atoms with Crippen LogP contribution in [-0.4, -0.2) is 30.8 Å². The standard InChI is InChI=1S/C14H22O3S2/c1-3-5-6-7-9-14-17-10-13(8-4-2,11-18(14)15)12-19(14)16/h1H,4-12H2,2H3. The van der Waals surface area contributed by atoms with Crippen LogP contribution in [0.2, 0.25) is 0 Å². The van der Waals surface area contributed by atoms with Crippen LogP contribution in [-0.2, 0) is 26.3 Å². The van der Waals surface area contributed by atoms with Gasteiger partial charge in [-0.25, -0.2) is 0 Å². The van der Waals surface area contributed by atoms with Crippen LogP contribution in [0.1, 0.15) is 45.4 Å². The molecule has 2 bridgehead atoms. The van der Waals surface area contributed by atoms with Crippen LogP contribution in [0.3, 0.4) is 0 Å². The van der Waals surface area contributed by atoms with Gasteiger partial charge in [0.25, 0.3) is 0 Å². The summed E-state index contributed by atoms with van der Waals surface area (Å²) in [5.74, 6) is 3.91. The predicted octanol–water partition coefficient (Wildman–Crippen LogP) is 2.16. The maximum Gasteiger partial charge on any atom is 0.217 e. The van der Waals surface area contributed by atoms with Crippen LogP contribution in [0.15, 0.2) is 0 Å². The zero-order valence-electron chi connectivity index (χ0n) is 11.5. The van der Waals surface area contributed by atoms with E-state index >= 15 is 0 Å². The minimum atomic E-state index is -1.14. The maximum atomic E-state index is 12.5. The smallest absolute Gasteiger partial charge is 0.217 e. The van der Waals surface area contributed by atoms with Crippen molar-refractivity contribution in [3.63, 3.8) is 0 Å². The summed E-state index contributed by atoms with van der Waals surface area (Å²) in [5.41, 5.74) is -0.106. The van der Waals surface area contributed by atoms with Gasteiger partial charge in [0.1, 0.15) is 0 Å². The van der Waals surface area contributed by atoms with Crippen LogP contribution in [0.5, 0.6) is 0 Å². The molecule has 0 spiro atoms. The van der Waals surface area contributed by atoms with E-state index in [0.717, 1.165) is 32.1 Å². The SMILES string of the molecule is C#CCCCCC12OCC(CCC)(CS1=O)CS2=O. The number of hydrogen-bond donors (Lipinski definition) is 0. The van der Waals surface area contributed by atoms with E-state index < -0.39 is 25.9 Å². The lowest BCUT2D eigenvalue weighted by Gasteiger charge is -2.51. The zero-order valence-corrected chi connectivity index (χ0v) is 13.1. The van der Waals surface area contributed by atoms with Gasteiger partial charge in [0.2, 0.25) is 4.27 Å². The molecule has 0 amide bonds. The Hall–Kier alpha value is -0.180. The van der Waals surface area contributed by atoms with Crippen molar-refractivity contribution in [2.45, 2.75) is 49.7 Å². The highest BCUT2D eigenvalue weighted by Crippen LogP contribution is 2.47. The van der Waals surface area contributed by atoms with Gasteiger partial charge in [0, 0.05) is 29.8 Å². The minimum absolute atomic E-state index is 0.106. The normalized spacial score (nSPS) is 41.1. The highest BCUT2D eigenvalue weighted by atomic mass is 32.2. The fraction of sp³-hybridized carbons (Fsp3) is 0.857. The van der Waals surface area contributed by atoms with Gasteiger partial charge in [-0.05, 0) is 19.3 Å². The van der Waals surface area contributed by atoms with E-state index in [9.17, 15) is 8.42 Å². The average Bonchev–Trinajstić information content (AvgIpc) is 2.36. The molecule has 0 radical (unpaired) electrons. The maximum absolute atomic E-state index is 12.5. The number of ether oxygens (including phenoxy) is 1. The van der Waals surface area contributed by atoms with E-state index in [0.29, 0.717) is 24.5 Å². The summed E-state index contributed by atoms with van der Waals surface area (Å²) in [6.45, 7) is 2.73. The molecule has 3 aliphatic heterocycles. The number of terminal acetylenes is 1. The Labute approximate surface area is 120 Å². The highest BCUT2D eigenvalue weighted by Gasteiger charge is 2.58. The molecule has 3 nitrogen and oxygen atoms in total. The molecule has 3 aliphatic rings. The van der Waals surface area contributed by atoms with Crippen LogP contribution >= 0.6 is 0 Å². The van der Waals surface area contributed by atoms with Crippen molar-refractivity contribution in [1.29, 1.82) is 0 Å². The lowest BCUT2D eigenvalue weighted by atomic mass is 9.88. The van der Waals surface area contributed by atoms with Gasteiger partial charge >= 0.3 is 0 Å². The second-order valence-corrected chi connectivity index (χ2v) is 9.15. The van der Waals surface area contributed by atoms with Gasteiger partial charge < -0.3 is 4.74 Å². The molecule has 3 heterocycles. The van der Waals surface area contributed by atoms with Gasteiger partial charge in [0.15, 0.2) is 0 Å². The summed E-state index contributed by atoms with van der Waals surface area (Å²) in [6, 6.07) is 0. The lowest BCUT2D eigenvalue weighted by Crippen LogP contribution is -2.62. The third-order valence-electron chi connectivity index (χ3n) is 4.00. The number of hydrogen-bond acceptors (Lipinski definition) is 3. The predicted molar refractivity (Wildman–Crippen MR) is 79.3 cm³/mol. The number of rotatable bonds is 6. The number of unbranched alkanes of at least 4 members (excludes halogenated alkanes) is 2. The molecule has 5 heteroatoms. The molecular weight excluding hydrogens is 280 g/mol.